The Hall–Kier alpha value is -1.64. The number of furan rings is 1. The van der Waals surface area contributed by atoms with E-state index >= 15 is 0 Å². The number of ether oxygens (including phenoxy) is 1. The van der Waals surface area contributed by atoms with Gasteiger partial charge in [0.15, 0.2) is 10.9 Å². The van der Waals surface area contributed by atoms with Crippen molar-refractivity contribution < 1.29 is 13.9 Å². The summed E-state index contributed by atoms with van der Waals surface area (Å²) < 4.78 is 11.8. The third-order valence-electron chi connectivity index (χ3n) is 4.90. The van der Waals surface area contributed by atoms with Crippen LogP contribution in [0.4, 0.5) is 5.13 Å². The van der Waals surface area contributed by atoms with E-state index in [1.54, 1.807) is 17.0 Å². The number of amides is 1. The van der Waals surface area contributed by atoms with Crippen molar-refractivity contribution in [3.63, 3.8) is 0 Å². The normalized spacial score (nSPS) is 14.7. The fraction of sp³-hybridized carbons (Fsp3) is 0.400. The molecule has 0 saturated carbocycles. The van der Waals surface area contributed by atoms with Gasteiger partial charge in [-0.3, -0.25) is 14.6 Å². The quantitative estimate of drug-likeness (QED) is 0.541. The van der Waals surface area contributed by atoms with Crippen molar-refractivity contribution in [1.82, 2.24) is 9.88 Å². The number of rotatable bonds is 6. The van der Waals surface area contributed by atoms with Crippen LogP contribution in [0.15, 0.2) is 34.9 Å². The molecule has 6 nitrogen and oxygen atoms in total. The zero-order valence-electron chi connectivity index (χ0n) is 16.1. The summed E-state index contributed by atoms with van der Waals surface area (Å²) in [6.07, 6.45) is 2.36. The lowest BCUT2D eigenvalue weighted by molar-refractivity contribution is 0.0376. The van der Waals surface area contributed by atoms with Crippen LogP contribution >= 0.6 is 35.3 Å². The lowest BCUT2D eigenvalue weighted by atomic mass is 10.2. The van der Waals surface area contributed by atoms with Crippen LogP contribution in [0.25, 0.3) is 10.2 Å². The Bertz CT molecular complexity index is 955. The molecule has 29 heavy (non-hydrogen) atoms. The van der Waals surface area contributed by atoms with Crippen molar-refractivity contribution >= 4 is 56.6 Å². The molecule has 1 fully saturated rings. The molecule has 156 valence electrons. The number of hydrogen-bond acceptors (Lipinski definition) is 6. The molecule has 4 rings (SSSR count). The summed E-state index contributed by atoms with van der Waals surface area (Å²) in [5, 5.41) is 1.35. The maximum atomic E-state index is 13.1. The van der Waals surface area contributed by atoms with E-state index in [9.17, 15) is 4.79 Å². The Morgan fingerprint density at radius 1 is 1.31 bits per heavy atom. The van der Waals surface area contributed by atoms with Gasteiger partial charge in [0.25, 0.3) is 5.91 Å². The SMILES string of the molecule is Cc1c(Cl)ccc2sc(N(CCCN3CCOCC3)C(=O)c3ccco3)nc12.Cl. The molecular weight excluding hydrogens is 433 g/mol. The minimum atomic E-state index is -0.171. The van der Waals surface area contributed by atoms with E-state index in [0.29, 0.717) is 22.5 Å². The van der Waals surface area contributed by atoms with Gasteiger partial charge in [0.2, 0.25) is 0 Å². The molecule has 0 spiro atoms. The fourth-order valence-corrected chi connectivity index (χ4v) is 4.50. The average molecular weight is 456 g/mol. The molecule has 2 aromatic heterocycles. The Morgan fingerprint density at radius 3 is 2.83 bits per heavy atom. The van der Waals surface area contributed by atoms with Crippen LogP contribution in [0, 0.1) is 6.92 Å². The number of thiazole rings is 1. The first-order valence-electron chi connectivity index (χ1n) is 9.34. The number of benzene rings is 1. The van der Waals surface area contributed by atoms with Gasteiger partial charge in [-0.1, -0.05) is 22.9 Å². The Kier molecular flexibility index (Phi) is 7.54. The Labute approximate surface area is 184 Å². The highest BCUT2D eigenvalue weighted by atomic mass is 35.5. The largest absolute Gasteiger partial charge is 0.459 e. The molecule has 3 heterocycles. The fourth-order valence-electron chi connectivity index (χ4n) is 3.30. The molecule has 0 bridgehead atoms. The summed E-state index contributed by atoms with van der Waals surface area (Å²) in [5.41, 5.74) is 1.78. The molecule has 1 saturated heterocycles. The first-order chi connectivity index (χ1) is 13.6. The van der Waals surface area contributed by atoms with Crippen LogP contribution in [0.2, 0.25) is 5.02 Å². The zero-order chi connectivity index (χ0) is 19.5. The third kappa shape index (κ3) is 4.92. The zero-order valence-corrected chi connectivity index (χ0v) is 18.5. The van der Waals surface area contributed by atoms with Gasteiger partial charge in [0, 0.05) is 31.2 Å². The van der Waals surface area contributed by atoms with Gasteiger partial charge in [-0.05, 0) is 43.2 Å². The molecule has 0 aliphatic carbocycles. The van der Waals surface area contributed by atoms with Gasteiger partial charge in [-0.15, -0.1) is 12.4 Å². The summed E-state index contributed by atoms with van der Waals surface area (Å²) >= 11 is 7.74. The number of hydrogen-bond donors (Lipinski definition) is 0. The number of nitrogens with zero attached hydrogens (tertiary/aromatic N) is 3. The van der Waals surface area contributed by atoms with Crippen molar-refractivity contribution in [2.75, 3.05) is 44.3 Å². The van der Waals surface area contributed by atoms with Crippen molar-refractivity contribution in [3.05, 3.63) is 46.9 Å². The van der Waals surface area contributed by atoms with E-state index in [2.05, 4.69) is 4.90 Å². The molecule has 1 amide bonds. The molecule has 0 unspecified atom stereocenters. The summed E-state index contributed by atoms with van der Waals surface area (Å²) in [5.74, 6) is 0.148. The highest BCUT2D eigenvalue weighted by Gasteiger charge is 2.24. The lowest BCUT2D eigenvalue weighted by Gasteiger charge is -2.27. The summed E-state index contributed by atoms with van der Waals surface area (Å²) in [6, 6.07) is 7.24. The molecule has 0 radical (unpaired) electrons. The number of aryl methyl sites for hydroxylation is 1. The van der Waals surface area contributed by atoms with E-state index in [4.69, 9.17) is 25.7 Å². The van der Waals surface area contributed by atoms with E-state index in [1.807, 2.05) is 19.1 Å². The van der Waals surface area contributed by atoms with Gasteiger partial charge in [-0.2, -0.15) is 0 Å². The number of carbonyl (C=O) groups excluding carboxylic acids is 1. The second-order valence-electron chi connectivity index (χ2n) is 6.76. The van der Waals surface area contributed by atoms with Crippen LogP contribution < -0.4 is 4.90 Å². The third-order valence-corrected chi connectivity index (χ3v) is 6.36. The number of aromatic nitrogens is 1. The average Bonchev–Trinajstić information content (AvgIpc) is 3.39. The first-order valence-corrected chi connectivity index (χ1v) is 10.5. The van der Waals surface area contributed by atoms with Crippen LogP contribution in [0.5, 0.6) is 0 Å². The molecule has 9 heteroatoms. The van der Waals surface area contributed by atoms with Crippen LogP contribution in [-0.4, -0.2) is 55.2 Å². The lowest BCUT2D eigenvalue weighted by Crippen LogP contribution is -2.39. The van der Waals surface area contributed by atoms with Crippen LogP contribution in [0.3, 0.4) is 0 Å². The van der Waals surface area contributed by atoms with Gasteiger partial charge in [-0.25, -0.2) is 4.98 Å². The van der Waals surface area contributed by atoms with E-state index in [1.165, 1.54) is 17.6 Å². The van der Waals surface area contributed by atoms with Gasteiger partial charge in [0.1, 0.15) is 0 Å². The summed E-state index contributed by atoms with van der Waals surface area (Å²) in [7, 11) is 0. The van der Waals surface area contributed by atoms with Crippen molar-refractivity contribution in [2.24, 2.45) is 0 Å². The maximum Gasteiger partial charge on any atom is 0.295 e. The Morgan fingerprint density at radius 2 is 2.10 bits per heavy atom. The van der Waals surface area contributed by atoms with Gasteiger partial charge < -0.3 is 9.15 Å². The topological polar surface area (TPSA) is 58.8 Å². The smallest absolute Gasteiger partial charge is 0.295 e. The molecule has 1 aliphatic heterocycles. The monoisotopic (exact) mass is 455 g/mol. The second kappa shape index (κ2) is 9.91. The highest BCUT2D eigenvalue weighted by Crippen LogP contribution is 2.34. The second-order valence-corrected chi connectivity index (χ2v) is 8.17. The van der Waals surface area contributed by atoms with Gasteiger partial charge >= 0.3 is 0 Å². The van der Waals surface area contributed by atoms with E-state index in [-0.39, 0.29) is 18.3 Å². The van der Waals surface area contributed by atoms with Crippen LogP contribution in [-0.2, 0) is 4.74 Å². The van der Waals surface area contributed by atoms with E-state index < -0.39 is 0 Å². The molecular formula is C20H23Cl2N3O3S. The number of morpholine rings is 1. The minimum Gasteiger partial charge on any atom is -0.459 e. The maximum absolute atomic E-state index is 13.1. The first kappa shape index (κ1) is 22.1. The molecule has 0 N–H and O–H groups in total. The van der Waals surface area contributed by atoms with Crippen molar-refractivity contribution in [3.8, 4) is 0 Å². The summed E-state index contributed by atoms with van der Waals surface area (Å²) in [6.45, 7) is 6.85. The van der Waals surface area contributed by atoms with Crippen molar-refractivity contribution in [1.29, 1.82) is 0 Å². The number of carbonyl (C=O) groups is 1. The van der Waals surface area contributed by atoms with E-state index in [0.717, 1.165) is 55.0 Å². The standard InChI is InChI=1S/C20H22ClN3O3S.ClH/c1-14-15(21)5-6-17-18(14)22-20(28-17)24(19(25)16-4-2-11-27-16)8-3-7-23-9-12-26-13-10-23;/h2,4-6,11H,3,7-10,12-13H2,1H3;1H. The van der Waals surface area contributed by atoms with Crippen molar-refractivity contribution in [2.45, 2.75) is 13.3 Å². The Balaban J connectivity index is 0.00000240. The molecule has 1 aliphatic rings. The molecule has 1 aromatic carbocycles. The minimum absolute atomic E-state index is 0. The summed E-state index contributed by atoms with van der Waals surface area (Å²) in [4.78, 5) is 21.9. The number of fused-ring (bicyclic) bond motifs is 1. The number of halogens is 2. The molecule has 0 atom stereocenters. The molecule has 3 aromatic rings. The highest BCUT2D eigenvalue weighted by molar-refractivity contribution is 7.22. The number of anilines is 1. The predicted octanol–water partition coefficient (Wildman–Crippen LogP) is 4.64. The predicted molar refractivity (Wildman–Crippen MR) is 119 cm³/mol. The van der Waals surface area contributed by atoms with Gasteiger partial charge in [0.05, 0.1) is 29.7 Å². The van der Waals surface area contributed by atoms with Crippen LogP contribution in [0.1, 0.15) is 22.5 Å².